The summed E-state index contributed by atoms with van der Waals surface area (Å²) in [6.45, 7) is 0.340. The van der Waals surface area contributed by atoms with Crippen LogP contribution in [0.1, 0.15) is 16.2 Å². The number of nitrogens with zero attached hydrogens (tertiary/aromatic N) is 3. The number of hydrogen-bond donors (Lipinski definition) is 0. The van der Waals surface area contributed by atoms with Gasteiger partial charge in [0.1, 0.15) is 11.6 Å². The Morgan fingerprint density at radius 1 is 1.12 bits per heavy atom. The van der Waals surface area contributed by atoms with Crippen molar-refractivity contribution in [2.24, 2.45) is 0 Å². The van der Waals surface area contributed by atoms with Crippen LogP contribution in [0, 0.1) is 11.6 Å². The lowest BCUT2D eigenvalue weighted by atomic mass is 10.2. The number of halogens is 2. The number of amides is 1. The smallest absolute Gasteiger partial charge is 0.260 e. The zero-order valence-electron chi connectivity index (χ0n) is 13.4. The van der Waals surface area contributed by atoms with E-state index in [-0.39, 0.29) is 17.4 Å². The number of benzene rings is 2. The highest BCUT2D eigenvalue weighted by Crippen LogP contribution is 2.20. The third-order valence-corrected chi connectivity index (χ3v) is 3.68. The van der Waals surface area contributed by atoms with Gasteiger partial charge in [-0.3, -0.25) is 4.79 Å². The fourth-order valence-corrected chi connectivity index (χ4v) is 2.28. The Labute approximate surface area is 142 Å². The van der Waals surface area contributed by atoms with Crippen molar-refractivity contribution in [3.8, 4) is 11.5 Å². The van der Waals surface area contributed by atoms with Crippen LogP contribution in [0.5, 0.6) is 0 Å². The lowest BCUT2D eigenvalue weighted by Gasteiger charge is -2.16. The van der Waals surface area contributed by atoms with E-state index in [9.17, 15) is 13.6 Å². The molecule has 0 aliphatic carbocycles. The van der Waals surface area contributed by atoms with Crippen molar-refractivity contribution in [1.82, 2.24) is 15.0 Å². The van der Waals surface area contributed by atoms with Crippen LogP contribution in [0.4, 0.5) is 8.78 Å². The van der Waals surface area contributed by atoms with Crippen molar-refractivity contribution in [3.05, 3.63) is 71.6 Å². The van der Waals surface area contributed by atoms with Gasteiger partial charge in [0.25, 0.3) is 11.8 Å². The maximum atomic E-state index is 13.7. The number of likely N-dealkylation sites (N-methyl/N-ethyl adjacent to an activating group) is 1. The average Bonchev–Trinajstić information content (AvgIpc) is 3.09. The first-order chi connectivity index (χ1) is 12.0. The Morgan fingerprint density at radius 2 is 1.84 bits per heavy atom. The molecule has 2 aromatic carbocycles. The SMILES string of the molecule is CN(CCc1noc(-c2ccccc2F)n1)C(=O)c1ccc(F)cc1. The summed E-state index contributed by atoms with van der Waals surface area (Å²) in [5.74, 6) is -0.608. The van der Waals surface area contributed by atoms with Crippen LogP contribution in [0.25, 0.3) is 11.5 Å². The number of carbonyl (C=O) groups is 1. The Kier molecular flexibility index (Phi) is 4.83. The standard InChI is InChI=1S/C18H15F2N3O2/c1-23(18(24)12-6-8-13(19)9-7-12)11-10-16-21-17(25-22-16)14-4-2-3-5-15(14)20/h2-9H,10-11H2,1H3. The maximum Gasteiger partial charge on any atom is 0.260 e. The maximum absolute atomic E-state index is 13.7. The average molecular weight is 343 g/mol. The van der Waals surface area contributed by atoms with Gasteiger partial charge >= 0.3 is 0 Å². The van der Waals surface area contributed by atoms with Crippen LogP contribution in [0.15, 0.2) is 53.1 Å². The fourth-order valence-electron chi connectivity index (χ4n) is 2.28. The summed E-state index contributed by atoms with van der Waals surface area (Å²) in [6.07, 6.45) is 0.349. The van der Waals surface area contributed by atoms with Gasteiger partial charge < -0.3 is 9.42 Å². The Bertz CT molecular complexity index is 878. The van der Waals surface area contributed by atoms with Gasteiger partial charge in [-0.1, -0.05) is 17.3 Å². The van der Waals surface area contributed by atoms with E-state index in [1.807, 2.05) is 0 Å². The lowest BCUT2D eigenvalue weighted by Crippen LogP contribution is -2.29. The Balaban J connectivity index is 1.63. The summed E-state index contributed by atoms with van der Waals surface area (Å²) >= 11 is 0. The van der Waals surface area contributed by atoms with Crippen LogP contribution < -0.4 is 0 Å². The molecule has 0 saturated heterocycles. The van der Waals surface area contributed by atoms with Gasteiger partial charge in [0, 0.05) is 25.6 Å². The first kappa shape index (κ1) is 16.8. The number of aromatic nitrogens is 2. The Hall–Kier alpha value is -3.09. The molecule has 1 amide bonds. The summed E-state index contributed by atoms with van der Waals surface area (Å²) in [6, 6.07) is 11.5. The third-order valence-electron chi connectivity index (χ3n) is 3.68. The van der Waals surface area contributed by atoms with Crippen molar-refractivity contribution in [2.45, 2.75) is 6.42 Å². The fraction of sp³-hybridized carbons (Fsp3) is 0.167. The molecule has 5 nitrogen and oxygen atoms in total. The van der Waals surface area contributed by atoms with E-state index in [4.69, 9.17) is 4.52 Å². The molecule has 0 fully saturated rings. The van der Waals surface area contributed by atoms with Crippen molar-refractivity contribution in [3.63, 3.8) is 0 Å². The summed E-state index contributed by atoms with van der Waals surface area (Å²) in [5, 5.41) is 3.81. The van der Waals surface area contributed by atoms with Crippen molar-refractivity contribution in [2.75, 3.05) is 13.6 Å². The molecule has 7 heteroatoms. The molecule has 0 aliphatic heterocycles. The highest BCUT2D eigenvalue weighted by atomic mass is 19.1. The molecule has 3 rings (SSSR count). The number of carbonyl (C=O) groups excluding carboxylic acids is 1. The van der Waals surface area contributed by atoms with Crippen LogP contribution in [-0.2, 0) is 6.42 Å². The van der Waals surface area contributed by atoms with Crippen molar-refractivity contribution >= 4 is 5.91 Å². The first-order valence-electron chi connectivity index (χ1n) is 7.63. The second-order valence-corrected chi connectivity index (χ2v) is 5.48. The van der Waals surface area contributed by atoms with E-state index in [1.54, 1.807) is 25.2 Å². The Morgan fingerprint density at radius 3 is 2.56 bits per heavy atom. The highest BCUT2D eigenvalue weighted by molar-refractivity contribution is 5.94. The lowest BCUT2D eigenvalue weighted by molar-refractivity contribution is 0.0795. The van der Waals surface area contributed by atoms with E-state index in [0.717, 1.165) is 0 Å². The summed E-state index contributed by atoms with van der Waals surface area (Å²) in [7, 11) is 1.63. The normalized spacial score (nSPS) is 10.7. The first-order valence-corrected chi connectivity index (χ1v) is 7.63. The molecule has 0 radical (unpaired) electrons. The van der Waals surface area contributed by atoms with Gasteiger partial charge in [0.05, 0.1) is 5.56 Å². The molecule has 0 spiro atoms. The zero-order valence-corrected chi connectivity index (χ0v) is 13.4. The van der Waals surface area contributed by atoms with Gasteiger partial charge in [0.2, 0.25) is 0 Å². The van der Waals surface area contributed by atoms with Gasteiger partial charge in [-0.15, -0.1) is 0 Å². The molecule has 1 heterocycles. The number of hydrogen-bond acceptors (Lipinski definition) is 4. The highest BCUT2D eigenvalue weighted by Gasteiger charge is 2.15. The van der Waals surface area contributed by atoms with Crippen LogP contribution in [0.3, 0.4) is 0 Å². The summed E-state index contributed by atoms with van der Waals surface area (Å²) in [5.41, 5.74) is 0.626. The second kappa shape index (κ2) is 7.21. The van der Waals surface area contributed by atoms with Gasteiger partial charge in [-0.05, 0) is 36.4 Å². The molecular formula is C18H15F2N3O2. The molecule has 0 aliphatic rings. The van der Waals surface area contributed by atoms with Crippen molar-refractivity contribution < 1.29 is 18.1 Å². The van der Waals surface area contributed by atoms with E-state index in [1.165, 1.54) is 35.2 Å². The van der Waals surface area contributed by atoms with Crippen LogP contribution >= 0.6 is 0 Å². The molecule has 0 N–H and O–H groups in total. The van der Waals surface area contributed by atoms with Gasteiger partial charge in [-0.25, -0.2) is 8.78 Å². The van der Waals surface area contributed by atoms with E-state index >= 15 is 0 Å². The van der Waals surface area contributed by atoms with E-state index < -0.39 is 11.6 Å². The molecule has 128 valence electrons. The summed E-state index contributed by atoms with van der Waals surface area (Å²) in [4.78, 5) is 17.9. The molecule has 0 saturated carbocycles. The molecule has 1 aromatic heterocycles. The van der Waals surface area contributed by atoms with Gasteiger partial charge in [-0.2, -0.15) is 4.98 Å². The minimum Gasteiger partial charge on any atom is -0.341 e. The monoisotopic (exact) mass is 343 g/mol. The zero-order chi connectivity index (χ0) is 17.8. The summed E-state index contributed by atoms with van der Waals surface area (Å²) < 4.78 is 31.7. The topological polar surface area (TPSA) is 59.2 Å². The van der Waals surface area contributed by atoms with E-state index in [2.05, 4.69) is 10.1 Å². The molecule has 0 atom stereocenters. The molecule has 0 unspecified atom stereocenters. The van der Waals surface area contributed by atoms with Crippen LogP contribution in [0.2, 0.25) is 0 Å². The molecule has 0 bridgehead atoms. The van der Waals surface area contributed by atoms with Crippen molar-refractivity contribution in [1.29, 1.82) is 0 Å². The number of rotatable bonds is 5. The third kappa shape index (κ3) is 3.88. The van der Waals surface area contributed by atoms with Gasteiger partial charge in [0.15, 0.2) is 5.82 Å². The molecule has 3 aromatic rings. The minimum absolute atomic E-state index is 0.0978. The van der Waals surface area contributed by atoms with E-state index in [0.29, 0.717) is 24.4 Å². The largest absolute Gasteiger partial charge is 0.341 e. The van der Waals surface area contributed by atoms with Crippen LogP contribution in [-0.4, -0.2) is 34.5 Å². The molecule has 25 heavy (non-hydrogen) atoms. The minimum atomic E-state index is -0.443. The predicted molar refractivity (Wildman–Crippen MR) is 86.8 cm³/mol. The quantitative estimate of drug-likeness (QED) is 0.713. The second-order valence-electron chi connectivity index (χ2n) is 5.48. The molecular weight excluding hydrogens is 328 g/mol. The predicted octanol–water partition coefficient (Wildman–Crippen LogP) is 3.33.